The molecule has 0 fully saturated rings. The number of methoxy groups -OCH3 is 2. The molecule has 2 unspecified atom stereocenters. The van der Waals surface area contributed by atoms with Crippen LogP contribution in [0.3, 0.4) is 0 Å². The van der Waals surface area contributed by atoms with E-state index >= 15 is 0 Å². The van der Waals surface area contributed by atoms with Crippen molar-refractivity contribution in [2.24, 2.45) is 5.92 Å². The molecule has 2 atom stereocenters. The van der Waals surface area contributed by atoms with E-state index in [1.54, 1.807) is 12.2 Å². The van der Waals surface area contributed by atoms with Crippen LogP contribution in [-0.4, -0.2) is 50.3 Å². The van der Waals surface area contributed by atoms with Gasteiger partial charge in [-0.15, -0.1) is 0 Å². The Hall–Kier alpha value is -3.16. The molecular weight excluding hydrogens is 440 g/mol. The molecule has 1 aliphatic carbocycles. The van der Waals surface area contributed by atoms with E-state index in [1.165, 1.54) is 28.1 Å². The van der Waals surface area contributed by atoms with Crippen LogP contribution in [0.4, 0.5) is 0 Å². The summed E-state index contributed by atoms with van der Waals surface area (Å²) in [4.78, 5) is 48.5. The fraction of sp³-hybridized carbons (Fsp3) is 0.538. The maximum absolute atomic E-state index is 12.6. The van der Waals surface area contributed by atoms with Crippen LogP contribution >= 0.6 is 0 Å². The van der Waals surface area contributed by atoms with Crippen LogP contribution in [0.15, 0.2) is 46.6 Å². The summed E-state index contributed by atoms with van der Waals surface area (Å²) in [7, 11) is 2.53. The van der Waals surface area contributed by atoms with Crippen LogP contribution in [0.5, 0.6) is 0 Å². The first-order valence-electron chi connectivity index (χ1n) is 11.3. The zero-order chi connectivity index (χ0) is 25.8. The van der Waals surface area contributed by atoms with Crippen LogP contribution in [0.2, 0.25) is 0 Å². The van der Waals surface area contributed by atoms with Crippen LogP contribution in [0.25, 0.3) is 0 Å². The van der Waals surface area contributed by atoms with Crippen molar-refractivity contribution in [2.45, 2.75) is 72.5 Å². The van der Waals surface area contributed by atoms with Crippen LogP contribution in [0.1, 0.15) is 60.3 Å². The molecule has 1 rings (SSSR count). The van der Waals surface area contributed by atoms with E-state index in [0.717, 1.165) is 11.1 Å². The highest BCUT2D eigenvalue weighted by Gasteiger charge is 2.27. The number of hydrogen-bond acceptors (Lipinski definition) is 8. The molecule has 188 valence electrons. The lowest BCUT2D eigenvalue weighted by molar-refractivity contribution is -0.147. The Bertz CT molecular complexity index is 888. The topological polar surface area (TPSA) is 105 Å². The smallest absolute Gasteiger partial charge is 0.337 e. The Balaban J connectivity index is 3.65. The summed E-state index contributed by atoms with van der Waals surface area (Å²) in [5, 5.41) is 0. The molecule has 34 heavy (non-hydrogen) atoms. The molecule has 8 heteroatoms. The van der Waals surface area contributed by atoms with Crippen LogP contribution in [0, 0.1) is 5.92 Å². The van der Waals surface area contributed by atoms with E-state index in [-0.39, 0.29) is 24.3 Å². The quantitative estimate of drug-likeness (QED) is 0.430. The number of ether oxygens (including phenoxy) is 4. The summed E-state index contributed by atoms with van der Waals surface area (Å²) >= 11 is 0. The van der Waals surface area contributed by atoms with Gasteiger partial charge in [-0.25, -0.2) is 9.59 Å². The Morgan fingerprint density at radius 2 is 1.53 bits per heavy atom. The van der Waals surface area contributed by atoms with Crippen LogP contribution < -0.4 is 0 Å². The van der Waals surface area contributed by atoms with Gasteiger partial charge >= 0.3 is 23.9 Å². The average molecular weight is 477 g/mol. The lowest BCUT2D eigenvalue weighted by Gasteiger charge is -2.23. The van der Waals surface area contributed by atoms with Gasteiger partial charge in [0.2, 0.25) is 0 Å². The molecular formula is C26H36O8. The van der Waals surface area contributed by atoms with Crippen molar-refractivity contribution in [1.29, 1.82) is 0 Å². The van der Waals surface area contributed by atoms with Crippen molar-refractivity contribution in [3.05, 3.63) is 46.6 Å². The summed E-state index contributed by atoms with van der Waals surface area (Å²) in [6.45, 7) is 8.52. The first kappa shape index (κ1) is 28.9. The summed E-state index contributed by atoms with van der Waals surface area (Å²) in [5.74, 6) is -2.04. The van der Waals surface area contributed by atoms with Gasteiger partial charge in [0.1, 0.15) is 12.2 Å². The lowest BCUT2D eigenvalue weighted by Crippen LogP contribution is -2.26. The molecule has 0 N–H and O–H groups in total. The van der Waals surface area contributed by atoms with Gasteiger partial charge in [-0.3, -0.25) is 9.59 Å². The highest BCUT2D eigenvalue weighted by atomic mass is 16.6. The minimum atomic E-state index is -0.838. The predicted octanol–water partition coefficient (Wildman–Crippen LogP) is 4.15. The first-order valence-corrected chi connectivity index (χ1v) is 11.3. The Morgan fingerprint density at radius 1 is 0.912 bits per heavy atom. The maximum atomic E-state index is 12.6. The standard InChI is InChI=1S/C26H36O8/c1-16(2)20-12-11-17(3)13-22(33-18(4)27)14-21(25(29)31-6)9-8-10-23(26(30)32-7)24(15-20)34-19(5)28/h10-12,14,16,22,24H,8-9,13,15H2,1-7H3. The Morgan fingerprint density at radius 3 is 2.06 bits per heavy atom. The third-order valence-electron chi connectivity index (χ3n) is 5.27. The van der Waals surface area contributed by atoms with Crippen molar-refractivity contribution < 1.29 is 38.1 Å². The van der Waals surface area contributed by atoms with Gasteiger partial charge in [0.15, 0.2) is 0 Å². The fourth-order valence-electron chi connectivity index (χ4n) is 3.56. The molecule has 0 spiro atoms. The molecule has 0 aromatic rings. The molecule has 0 amide bonds. The SMILES string of the molecule is COC(=O)C1=CC(OC(C)=O)CC(C)=CC=C(C(C)C)CC(OC(C)=O)C(C(=O)OC)=CCC1. The lowest BCUT2D eigenvalue weighted by atomic mass is 9.91. The Kier molecular flexibility index (Phi) is 12.0. The minimum absolute atomic E-state index is 0.115. The fourth-order valence-corrected chi connectivity index (χ4v) is 3.56. The molecule has 0 radical (unpaired) electrons. The van der Waals surface area contributed by atoms with Crippen molar-refractivity contribution in [3.63, 3.8) is 0 Å². The van der Waals surface area contributed by atoms with E-state index < -0.39 is 36.1 Å². The van der Waals surface area contributed by atoms with Gasteiger partial charge in [-0.2, -0.15) is 0 Å². The van der Waals surface area contributed by atoms with Crippen molar-refractivity contribution >= 4 is 23.9 Å². The third kappa shape index (κ3) is 9.77. The highest BCUT2D eigenvalue weighted by Crippen LogP contribution is 2.26. The summed E-state index contributed by atoms with van der Waals surface area (Å²) < 4.78 is 20.8. The van der Waals surface area contributed by atoms with Gasteiger partial charge in [-0.05, 0) is 31.8 Å². The second-order valence-corrected chi connectivity index (χ2v) is 8.44. The molecule has 0 saturated heterocycles. The zero-order valence-corrected chi connectivity index (χ0v) is 21.1. The highest BCUT2D eigenvalue weighted by molar-refractivity contribution is 5.90. The van der Waals surface area contributed by atoms with Crippen LogP contribution in [-0.2, 0) is 38.1 Å². The monoisotopic (exact) mass is 476 g/mol. The minimum Gasteiger partial charge on any atom is -0.466 e. The first-order chi connectivity index (χ1) is 16.0. The van der Waals surface area contributed by atoms with E-state index in [1.807, 2.05) is 32.9 Å². The molecule has 0 saturated carbocycles. The van der Waals surface area contributed by atoms with Gasteiger partial charge < -0.3 is 18.9 Å². The normalized spacial score (nSPS) is 20.0. The number of hydrogen-bond donors (Lipinski definition) is 0. The molecule has 8 nitrogen and oxygen atoms in total. The zero-order valence-electron chi connectivity index (χ0n) is 21.1. The number of allylic oxidation sites excluding steroid dienone is 3. The maximum Gasteiger partial charge on any atom is 0.337 e. The molecule has 0 aromatic heterocycles. The van der Waals surface area contributed by atoms with E-state index in [2.05, 4.69) is 0 Å². The van der Waals surface area contributed by atoms with E-state index in [0.29, 0.717) is 18.4 Å². The van der Waals surface area contributed by atoms with Crippen molar-refractivity contribution in [2.75, 3.05) is 14.2 Å². The second kappa shape index (κ2) is 14.2. The second-order valence-electron chi connectivity index (χ2n) is 8.44. The number of esters is 4. The summed E-state index contributed by atoms with van der Waals surface area (Å²) in [6, 6.07) is 0. The van der Waals surface area contributed by atoms with Gasteiger partial charge in [0.25, 0.3) is 0 Å². The number of rotatable bonds is 5. The van der Waals surface area contributed by atoms with E-state index in [4.69, 9.17) is 18.9 Å². The average Bonchev–Trinajstić information content (AvgIpc) is 2.75. The van der Waals surface area contributed by atoms with Crippen molar-refractivity contribution in [3.8, 4) is 0 Å². The number of carbonyl (C=O) groups excluding carboxylic acids is 4. The molecule has 1 aliphatic rings. The third-order valence-corrected chi connectivity index (χ3v) is 5.27. The van der Waals surface area contributed by atoms with E-state index in [9.17, 15) is 19.2 Å². The predicted molar refractivity (Wildman–Crippen MR) is 126 cm³/mol. The Labute approximate surface area is 201 Å². The molecule has 0 aliphatic heterocycles. The van der Waals surface area contributed by atoms with Gasteiger partial charge in [0.05, 0.1) is 19.8 Å². The van der Waals surface area contributed by atoms with Gasteiger partial charge in [-0.1, -0.05) is 43.2 Å². The summed E-state index contributed by atoms with van der Waals surface area (Å²) in [5.41, 5.74) is 2.38. The number of carbonyl (C=O) groups is 4. The van der Waals surface area contributed by atoms with Gasteiger partial charge in [0, 0.05) is 32.3 Å². The largest absolute Gasteiger partial charge is 0.466 e. The molecule has 0 bridgehead atoms. The molecule has 0 aromatic carbocycles. The molecule has 0 heterocycles. The summed E-state index contributed by atoms with van der Waals surface area (Å²) in [6.07, 6.45) is 6.70. The van der Waals surface area contributed by atoms with Crippen molar-refractivity contribution in [1.82, 2.24) is 0 Å².